The standard InChI is InChI=1S/C12H21N3O2/c1-4-6-17-9-12(16)13-7-10-8-15(3)14-11(10)5-2/h8H,4-7,9H2,1-3H3,(H,13,16). The van der Waals surface area contributed by atoms with Gasteiger partial charge in [-0.1, -0.05) is 13.8 Å². The van der Waals surface area contributed by atoms with Gasteiger partial charge in [-0.3, -0.25) is 9.48 Å². The van der Waals surface area contributed by atoms with Gasteiger partial charge in [0.25, 0.3) is 0 Å². The number of rotatable bonds is 7. The van der Waals surface area contributed by atoms with E-state index < -0.39 is 0 Å². The minimum atomic E-state index is -0.0793. The molecule has 1 heterocycles. The van der Waals surface area contributed by atoms with Gasteiger partial charge < -0.3 is 10.1 Å². The van der Waals surface area contributed by atoms with Gasteiger partial charge >= 0.3 is 0 Å². The third-order valence-electron chi connectivity index (χ3n) is 2.38. The molecule has 5 heteroatoms. The van der Waals surface area contributed by atoms with Crippen molar-refractivity contribution in [3.05, 3.63) is 17.5 Å². The van der Waals surface area contributed by atoms with Crippen LogP contribution in [0, 0.1) is 0 Å². The highest BCUT2D eigenvalue weighted by molar-refractivity contribution is 5.77. The first-order valence-corrected chi connectivity index (χ1v) is 6.03. The van der Waals surface area contributed by atoms with E-state index in [-0.39, 0.29) is 12.5 Å². The van der Waals surface area contributed by atoms with E-state index in [0.717, 1.165) is 24.1 Å². The number of carbonyl (C=O) groups excluding carboxylic acids is 1. The fourth-order valence-corrected chi connectivity index (χ4v) is 1.58. The molecule has 0 atom stereocenters. The Kier molecular flexibility index (Phi) is 5.69. The summed E-state index contributed by atoms with van der Waals surface area (Å²) in [4.78, 5) is 11.4. The van der Waals surface area contributed by atoms with Gasteiger partial charge in [0.05, 0.1) is 5.69 Å². The maximum Gasteiger partial charge on any atom is 0.246 e. The number of aromatic nitrogens is 2. The number of aryl methyl sites for hydroxylation is 2. The summed E-state index contributed by atoms with van der Waals surface area (Å²) in [7, 11) is 1.88. The van der Waals surface area contributed by atoms with E-state index in [2.05, 4.69) is 17.3 Å². The lowest BCUT2D eigenvalue weighted by molar-refractivity contribution is -0.125. The number of hydrogen-bond acceptors (Lipinski definition) is 3. The van der Waals surface area contributed by atoms with Crippen molar-refractivity contribution in [2.75, 3.05) is 13.2 Å². The van der Waals surface area contributed by atoms with Crippen LogP contribution in [0.15, 0.2) is 6.20 Å². The molecule has 0 saturated carbocycles. The summed E-state index contributed by atoms with van der Waals surface area (Å²) in [5.74, 6) is -0.0793. The molecule has 1 aromatic rings. The summed E-state index contributed by atoms with van der Waals surface area (Å²) < 4.78 is 6.93. The highest BCUT2D eigenvalue weighted by Crippen LogP contribution is 2.06. The van der Waals surface area contributed by atoms with Gasteiger partial charge in [0, 0.05) is 32.0 Å². The third-order valence-corrected chi connectivity index (χ3v) is 2.38. The van der Waals surface area contributed by atoms with Crippen LogP contribution in [0.1, 0.15) is 31.5 Å². The zero-order valence-corrected chi connectivity index (χ0v) is 10.8. The zero-order chi connectivity index (χ0) is 12.7. The lowest BCUT2D eigenvalue weighted by atomic mass is 10.2. The lowest BCUT2D eigenvalue weighted by Gasteiger charge is -2.05. The molecule has 0 bridgehead atoms. The monoisotopic (exact) mass is 239 g/mol. The Morgan fingerprint density at radius 1 is 1.53 bits per heavy atom. The number of nitrogens with one attached hydrogen (secondary N) is 1. The summed E-state index contributed by atoms with van der Waals surface area (Å²) in [6.07, 6.45) is 3.74. The number of carbonyl (C=O) groups is 1. The third kappa shape index (κ3) is 4.56. The van der Waals surface area contributed by atoms with Crippen molar-refractivity contribution in [3.63, 3.8) is 0 Å². The molecular formula is C12H21N3O2. The van der Waals surface area contributed by atoms with Crippen molar-refractivity contribution in [2.24, 2.45) is 7.05 Å². The molecule has 0 aliphatic heterocycles. The van der Waals surface area contributed by atoms with E-state index in [4.69, 9.17) is 4.74 Å². The number of hydrogen-bond donors (Lipinski definition) is 1. The molecule has 1 rings (SSSR count). The first kappa shape index (κ1) is 13.7. The summed E-state index contributed by atoms with van der Waals surface area (Å²) in [6.45, 7) is 5.35. The Morgan fingerprint density at radius 3 is 2.94 bits per heavy atom. The predicted molar refractivity (Wildman–Crippen MR) is 65.5 cm³/mol. The smallest absolute Gasteiger partial charge is 0.246 e. The van der Waals surface area contributed by atoms with Crippen LogP contribution >= 0.6 is 0 Å². The van der Waals surface area contributed by atoms with Crippen LogP contribution in [0.5, 0.6) is 0 Å². The summed E-state index contributed by atoms with van der Waals surface area (Å²) in [5, 5.41) is 7.15. The molecule has 1 N–H and O–H groups in total. The fourth-order valence-electron chi connectivity index (χ4n) is 1.58. The van der Waals surface area contributed by atoms with Gasteiger partial charge in [-0.25, -0.2) is 0 Å². The molecule has 0 aromatic carbocycles. The van der Waals surface area contributed by atoms with Crippen LogP contribution in [-0.4, -0.2) is 28.9 Å². The predicted octanol–water partition coefficient (Wildman–Crippen LogP) is 1.03. The molecule has 0 spiro atoms. The van der Waals surface area contributed by atoms with E-state index >= 15 is 0 Å². The summed E-state index contributed by atoms with van der Waals surface area (Å²) in [6, 6.07) is 0. The largest absolute Gasteiger partial charge is 0.372 e. The second-order valence-corrected chi connectivity index (χ2v) is 3.96. The van der Waals surface area contributed by atoms with Crippen molar-refractivity contribution in [1.29, 1.82) is 0 Å². The van der Waals surface area contributed by atoms with Crippen molar-refractivity contribution in [3.8, 4) is 0 Å². The first-order valence-electron chi connectivity index (χ1n) is 6.03. The SMILES string of the molecule is CCCOCC(=O)NCc1cn(C)nc1CC. The van der Waals surface area contributed by atoms with E-state index in [1.165, 1.54) is 0 Å². The van der Waals surface area contributed by atoms with Crippen molar-refractivity contribution in [2.45, 2.75) is 33.2 Å². The highest BCUT2D eigenvalue weighted by atomic mass is 16.5. The Morgan fingerprint density at radius 2 is 2.29 bits per heavy atom. The molecule has 5 nitrogen and oxygen atoms in total. The maximum atomic E-state index is 11.4. The van der Waals surface area contributed by atoms with Gasteiger partial charge in [0.1, 0.15) is 6.61 Å². The zero-order valence-electron chi connectivity index (χ0n) is 10.8. The average molecular weight is 239 g/mol. The summed E-state index contributed by atoms with van der Waals surface area (Å²) >= 11 is 0. The topological polar surface area (TPSA) is 56.1 Å². The van der Waals surface area contributed by atoms with Crippen LogP contribution in [0.25, 0.3) is 0 Å². The van der Waals surface area contributed by atoms with Crippen LogP contribution < -0.4 is 5.32 Å². The number of ether oxygens (including phenoxy) is 1. The number of nitrogens with zero attached hydrogens (tertiary/aromatic N) is 2. The average Bonchev–Trinajstić information content (AvgIpc) is 2.67. The van der Waals surface area contributed by atoms with Gasteiger partial charge in [0.15, 0.2) is 0 Å². The minimum Gasteiger partial charge on any atom is -0.372 e. The first-order chi connectivity index (χ1) is 8.17. The van der Waals surface area contributed by atoms with Gasteiger partial charge in [-0.15, -0.1) is 0 Å². The molecule has 17 heavy (non-hydrogen) atoms. The highest BCUT2D eigenvalue weighted by Gasteiger charge is 2.07. The fraction of sp³-hybridized carbons (Fsp3) is 0.667. The van der Waals surface area contributed by atoms with Crippen LogP contribution in [-0.2, 0) is 29.5 Å². The van der Waals surface area contributed by atoms with Crippen LogP contribution in [0.3, 0.4) is 0 Å². The quantitative estimate of drug-likeness (QED) is 0.723. The van der Waals surface area contributed by atoms with Crippen LogP contribution in [0.4, 0.5) is 0 Å². The second-order valence-electron chi connectivity index (χ2n) is 3.96. The van der Waals surface area contributed by atoms with E-state index in [9.17, 15) is 4.79 Å². The second kappa shape index (κ2) is 7.06. The van der Waals surface area contributed by atoms with Gasteiger partial charge in [-0.05, 0) is 12.8 Å². The normalized spacial score (nSPS) is 10.5. The molecule has 96 valence electrons. The maximum absolute atomic E-state index is 11.4. The molecule has 1 aromatic heterocycles. The van der Waals surface area contributed by atoms with E-state index in [1.807, 2.05) is 20.2 Å². The molecule has 0 aliphatic carbocycles. The van der Waals surface area contributed by atoms with Crippen LogP contribution in [0.2, 0.25) is 0 Å². The Balaban J connectivity index is 2.36. The molecule has 0 aliphatic rings. The Labute approximate surface area is 102 Å². The van der Waals surface area contributed by atoms with Crippen molar-refractivity contribution in [1.82, 2.24) is 15.1 Å². The van der Waals surface area contributed by atoms with Crippen molar-refractivity contribution < 1.29 is 9.53 Å². The van der Waals surface area contributed by atoms with E-state index in [0.29, 0.717) is 13.2 Å². The minimum absolute atomic E-state index is 0.0793. The molecule has 0 radical (unpaired) electrons. The van der Waals surface area contributed by atoms with Crippen molar-refractivity contribution >= 4 is 5.91 Å². The molecule has 0 unspecified atom stereocenters. The number of amides is 1. The molecule has 1 amide bonds. The Bertz CT molecular complexity index is 361. The Hall–Kier alpha value is -1.36. The molecule has 0 fully saturated rings. The van der Waals surface area contributed by atoms with E-state index in [1.54, 1.807) is 4.68 Å². The molecule has 0 saturated heterocycles. The van der Waals surface area contributed by atoms with Gasteiger partial charge in [0.2, 0.25) is 5.91 Å². The lowest BCUT2D eigenvalue weighted by Crippen LogP contribution is -2.27. The molecular weight excluding hydrogens is 218 g/mol. The summed E-state index contributed by atoms with van der Waals surface area (Å²) in [5.41, 5.74) is 2.10. The van der Waals surface area contributed by atoms with Gasteiger partial charge in [-0.2, -0.15) is 5.10 Å².